The highest BCUT2D eigenvalue weighted by Gasteiger charge is 2.12. The van der Waals surface area contributed by atoms with Crippen LogP contribution in [0, 0.1) is 0 Å². The average Bonchev–Trinajstić information content (AvgIpc) is 2.05. The Hall–Kier alpha value is -0.120. The monoisotopic (exact) mass is 189 g/mol. The molecule has 0 bridgehead atoms. The second-order valence-corrected chi connectivity index (χ2v) is 3.69. The van der Waals surface area contributed by atoms with Gasteiger partial charge in [-0.25, -0.2) is 0 Å². The number of ether oxygens (including phenoxy) is 1. The van der Waals surface area contributed by atoms with Crippen LogP contribution in [0.5, 0.6) is 0 Å². The minimum atomic E-state index is -0.200. The summed E-state index contributed by atoms with van der Waals surface area (Å²) in [6.07, 6.45) is 1.71. The lowest BCUT2D eigenvalue weighted by molar-refractivity contribution is 0.0672. The van der Waals surface area contributed by atoms with Crippen LogP contribution in [0.4, 0.5) is 0 Å². The normalized spacial score (nSPS) is 16.2. The number of aliphatic hydroxyl groups is 1. The van der Waals surface area contributed by atoms with Crippen molar-refractivity contribution in [2.24, 2.45) is 0 Å². The number of nitrogens with zero attached hydrogens (tertiary/aromatic N) is 1. The molecule has 0 saturated carbocycles. The van der Waals surface area contributed by atoms with Crippen LogP contribution >= 0.6 is 0 Å². The lowest BCUT2D eigenvalue weighted by Gasteiger charge is -2.26. The van der Waals surface area contributed by atoms with Crippen molar-refractivity contribution in [3.63, 3.8) is 0 Å². The molecule has 0 amide bonds. The average molecular weight is 189 g/mol. The second kappa shape index (κ2) is 7.30. The molecule has 0 aromatic carbocycles. The first-order chi connectivity index (χ1) is 6.11. The SMILES string of the molecule is CCCC(O)CN(C)C(C)COC. The van der Waals surface area contributed by atoms with Gasteiger partial charge in [0.25, 0.3) is 0 Å². The smallest absolute Gasteiger partial charge is 0.0667 e. The van der Waals surface area contributed by atoms with Crippen LogP contribution < -0.4 is 0 Å². The van der Waals surface area contributed by atoms with Crippen molar-refractivity contribution in [1.82, 2.24) is 4.90 Å². The Morgan fingerprint density at radius 2 is 2.08 bits per heavy atom. The lowest BCUT2D eigenvalue weighted by atomic mass is 10.2. The van der Waals surface area contributed by atoms with E-state index in [0.29, 0.717) is 6.04 Å². The van der Waals surface area contributed by atoms with E-state index in [0.717, 1.165) is 26.0 Å². The van der Waals surface area contributed by atoms with Crippen LogP contribution in [0.25, 0.3) is 0 Å². The molecule has 1 N–H and O–H groups in total. The van der Waals surface area contributed by atoms with Gasteiger partial charge in [-0.15, -0.1) is 0 Å². The van der Waals surface area contributed by atoms with Crippen molar-refractivity contribution in [2.45, 2.75) is 38.8 Å². The number of hydrogen-bond acceptors (Lipinski definition) is 3. The summed E-state index contributed by atoms with van der Waals surface area (Å²) >= 11 is 0. The van der Waals surface area contributed by atoms with Crippen molar-refractivity contribution in [3.05, 3.63) is 0 Å². The van der Waals surface area contributed by atoms with Gasteiger partial charge in [-0.2, -0.15) is 0 Å². The Morgan fingerprint density at radius 3 is 2.54 bits per heavy atom. The van der Waals surface area contributed by atoms with Crippen LogP contribution in [0.3, 0.4) is 0 Å². The van der Waals surface area contributed by atoms with Gasteiger partial charge >= 0.3 is 0 Å². The zero-order valence-electron chi connectivity index (χ0n) is 9.29. The van der Waals surface area contributed by atoms with Crippen LogP contribution in [-0.4, -0.2) is 49.5 Å². The van der Waals surface area contributed by atoms with Crippen LogP contribution in [0.2, 0.25) is 0 Å². The molecule has 0 heterocycles. The number of aliphatic hydroxyl groups excluding tert-OH is 1. The molecule has 13 heavy (non-hydrogen) atoms. The summed E-state index contributed by atoms with van der Waals surface area (Å²) in [4.78, 5) is 2.13. The quantitative estimate of drug-likeness (QED) is 0.651. The van der Waals surface area contributed by atoms with Gasteiger partial charge in [-0.3, -0.25) is 4.90 Å². The fourth-order valence-electron chi connectivity index (χ4n) is 1.31. The number of rotatable bonds is 7. The van der Waals surface area contributed by atoms with Crippen molar-refractivity contribution in [2.75, 3.05) is 27.3 Å². The maximum absolute atomic E-state index is 9.55. The van der Waals surface area contributed by atoms with Crippen LogP contribution in [0.1, 0.15) is 26.7 Å². The molecular formula is C10H23NO2. The van der Waals surface area contributed by atoms with Crippen molar-refractivity contribution in [1.29, 1.82) is 0 Å². The van der Waals surface area contributed by atoms with Gasteiger partial charge in [0.05, 0.1) is 12.7 Å². The zero-order valence-corrected chi connectivity index (χ0v) is 9.29. The maximum atomic E-state index is 9.55. The molecule has 0 radical (unpaired) electrons. The van der Waals surface area contributed by atoms with E-state index < -0.39 is 0 Å². The fraction of sp³-hybridized carbons (Fsp3) is 1.00. The van der Waals surface area contributed by atoms with E-state index in [1.54, 1.807) is 7.11 Å². The van der Waals surface area contributed by atoms with E-state index in [9.17, 15) is 5.11 Å². The molecule has 3 heteroatoms. The highest BCUT2D eigenvalue weighted by Crippen LogP contribution is 2.02. The standard InChI is InChI=1S/C10H23NO2/c1-5-6-10(12)7-11(3)9(2)8-13-4/h9-10,12H,5-8H2,1-4H3. The number of likely N-dealkylation sites (N-methyl/N-ethyl adjacent to an activating group) is 1. The molecule has 0 rings (SSSR count). The van der Waals surface area contributed by atoms with E-state index in [-0.39, 0.29) is 6.10 Å². The third-order valence-corrected chi connectivity index (χ3v) is 2.28. The molecule has 0 aliphatic carbocycles. The first-order valence-corrected chi connectivity index (χ1v) is 4.99. The summed E-state index contributed by atoms with van der Waals surface area (Å²) in [5.74, 6) is 0. The van der Waals surface area contributed by atoms with Crippen molar-refractivity contribution >= 4 is 0 Å². The summed E-state index contributed by atoms with van der Waals surface area (Å²) < 4.78 is 5.04. The highest BCUT2D eigenvalue weighted by molar-refractivity contribution is 4.66. The Labute approximate surface area is 81.7 Å². The lowest BCUT2D eigenvalue weighted by Crippen LogP contribution is -2.38. The Morgan fingerprint density at radius 1 is 1.46 bits per heavy atom. The molecule has 0 saturated heterocycles. The second-order valence-electron chi connectivity index (χ2n) is 3.69. The topological polar surface area (TPSA) is 32.7 Å². The van der Waals surface area contributed by atoms with Crippen LogP contribution in [-0.2, 0) is 4.74 Å². The van der Waals surface area contributed by atoms with E-state index in [1.165, 1.54) is 0 Å². The Bertz CT molecular complexity index is 119. The summed E-state index contributed by atoms with van der Waals surface area (Å²) in [5.41, 5.74) is 0. The fourth-order valence-corrected chi connectivity index (χ4v) is 1.31. The summed E-state index contributed by atoms with van der Waals surface area (Å²) in [6.45, 7) is 5.64. The van der Waals surface area contributed by atoms with E-state index >= 15 is 0 Å². The molecule has 0 aromatic heterocycles. The summed E-state index contributed by atoms with van der Waals surface area (Å²) in [6, 6.07) is 0.372. The van der Waals surface area contributed by atoms with Gasteiger partial charge in [-0.1, -0.05) is 13.3 Å². The van der Waals surface area contributed by atoms with Gasteiger partial charge < -0.3 is 9.84 Å². The molecule has 2 unspecified atom stereocenters. The van der Waals surface area contributed by atoms with E-state index in [2.05, 4.69) is 18.7 Å². The third kappa shape index (κ3) is 6.02. The Balaban J connectivity index is 3.64. The minimum Gasteiger partial charge on any atom is -0.392 e. The molecule has 3 nitrogen and oxygen atoms in total. The first kappa shape index (κ1) is 12.9. The van der Waals surface area contributed by atoms with Gasteiger partial charge in [0.15, 0.2) is 0 Å². The zero-order chi connectivity index (χ0) is 10.3. The molecule has 0 aliphatic rings. The van der Waals surface area contributed by atoms with E-state index in [4.69, 9.17) is 4.74 Å². The largest absolute Gasteiger partial charge is 0.392 e. The van der Waals surface area contributed by atoms with Gasteiger partial charge in [0.2, 0.25) is 0 Å². The molecule has 0 aliphatic heterocycles. The van der Waals surface area contributed by atoms with Crippen LogP contribution in [0.15, 0.2) is 0 Å². The molecule has 0 aromatic rings. The third-order valence-electron chi connectivity index (χ3n) is 2.28. The molecule has 0 spiro atoms. The van der Waals surface area contributed by atoms with Crippen molar-refractivity contribution in [3.8, 4) is 0 Å². The predicted octanol–water partition coefficient (Wildman–Crippen LogP) is 1.11. The molecule has 2 atom stereocenters. The number of methoxy groups -OCH3 is 1. The van der Waals surface area contributed by atoms with Crippen molar-refractivity contribution < 1.29 is 9.84 Å². The maximum Gasteiger partial charge on any atom is 0.0667 e. The summed E-state index contributed by atoms with van der Waals surface area (Å²) in [7, 11) is 3.72. The predicted molar refractivity (Wildman–Crippen MR) is 54.9 cm³/mol. The minimum absolute atomic E-state index is 0.200. The molecule has 80 valence electrons. The van der Waals surface area contributed by atoms with Gasteiger partial charge in [0.1, 0.15) is 0 Å². The highest BCUT2D eigenvalue weighted by atomic mass is 16.5. The summed E-state index contributed by atoms with van der Waals surface area (Å²) in [5, 5.41) is 9.55. The van der Waals surface area contributed by atoms with E-state index in [1.807, 2.05) is 7.05 Å². The van der Waals surface area contributed by atoms with Gasteiger partial charge in [0, 0.05) is 19.7 Å². The molecule has 0 fully saturated rings. The molecular weight excluding hydrogens is 166 g/mol. The number of hydrogen-bond donors (Lipinski definition) is 1. The first-order valence-electron chi connectivity index (χ1n) is 4.99. The van der Waals surface area contributed by atoms with Gasteiger partial charge in [-0.05, 0) is 20.4 Å². The Kier molecular flexibility index (Phi) is 7.23.